The Morgan fingerprint density at radius 2 is 1.93 bits per heavy atom. The molecule has 0 radical (unpaired) electrons. The second kappa shape index (κ2) is 4.33. The molecule has 2 nitrogen and oxygen atoms in total. The van der Waals surface area contributed by atoms with Gasteiger partial charge in [0, 0.05) is 5.56 Å². The average Bonchev–Trinajstić information content (AvgIpc) is 2.16. The lowest BCUT2D eigenvalue weighted by atomic mass is 9.98. The van der Waals surface area contributed by atoms with Crippen LogP contribution in [0.5, 0.6) is 0 Å². The molecule has 1 aromatic carbocycles. The van der Waals surface area contributed by atoms with Crippen LogP contribution in [0.1, 0.15) is 35.9 Å². The van der Waals surface area contributed by atoms with Gasteiger partial charge in [-0.3, -0.25) is 4.79 Å². The van der Waals surface area contributed by atoms with Gasteiger partial charge in [0.05, 0.1) is 6.04 Å². The highest BCUT2D eigenvalue weighted by Gasteiger charge is 2.17. The highest BCUT2D eigenvalue weighted by Crippen LogP contribution is 2.21. The molecule has 0 saturated carbocycles. The largest absolute Gasteiger partial charge is 0.321 e. The molecule has 0 amide bonds. The van der Waals surface area contributed by atoms with Crippen molar-refractivity contribution in [1.29, 1.82) is 0 Å². The molecular formula is C11H14FNO. The number of alkyl halides is 1. The van der Waals surface area contributed by atoms with Gasteiger partial charge in [-0.15, -0.1) is 0 Å². The number of rotatable bonds is 3. The number of Topliss-reactive ketones (excluding diaryl/α,β-unsaturated/α-hetero) is 1. The molecular weight excluding hydrogens is 181 g/mol. The molecule has 0 aliphatic carbocycles. The molecule has 0 aliphatic rings. The van der Waals surface area contributed by atoms with E-state index in [1.807, 2.05) is 0 Å². The van der Waals surface area contributed by atoms with Crippen molar-refractivity contribution >= 4 is 5.78 Å². The Kier molecular flexibility index (Phi) is 3.36. The second-order valence-electron chi connectivity index (χ2n) is 3.36. The number of ketones is 1. The summed E-state index contributed by atoms with van der Waals surface area (Å²) >= 11 is 0. The van der Waals surface area contributed by atoms with Crippen molar-refractivity contribution in [3.05, 3.63) is 35.4 Å². The fraction of sp³-hybridized carbons (Fsp3) is 0.364. The maximum Gasteiger partial charge on any atom is 0.179 e. The summed E-state index contributed by atoms with van der Waals surface area (Å²) in [4.78, 5) is 11.6. The van der Waals surface area contributed by atoms with Gasteiger partial charge >= 0.3 is 0 Å². The molecule has 76 valence electrons. The first kappa shape index (κ1) is 10.9. The van der Waals surface area contributed by atoms with E-state index >= 15 is 0 Å². The van der Waals surface area contributed by atoms with Crippen LogP contribution < -0.4 is 5.73 Å². The van der Waals surface area contributed by atoms with Crippen molar-refractivity contribution in [1.82, 2.24) is 0 Å². The first-order valence-corrected chi connectivity index (χ1v) is 4.57. The summed E-state index contributed by atoms with van der Waals surface area (Å²) in [6.45, 7) is 3.01. The summed E-state index contributed by atoms with van der Waals surface area (Å²) in [7, 11) is 0. The highest BCUT2D eigenvalue weighted by atomic mass is 19.1. The summed E-state index contributed by atoms with van der Waals surface area (Å²) in [5.41, 5.74) is 6.26. The molecule has 1 rings (SSSR count). The predicted octanol–water partition coefficient (Wildman–Crippen LogP) is 2.25. The minimum Gasteiger partial charge on any atom is -0.321 e. The van der Waals surface area contributed by atoms with Crippen LogP contribution in [0.4, 0.5) is 4.39 Å². The molecule has 3 heteroatoms. The van der Waals surface area contributed by atoms with Gasteiger partial charge in [0.25, 0.3) is 0 Å². The van der Waals surface area contributed by atoms with Crippen molar-refractivity contribution in [2.45, 2.75) is 26.1 Å². The van der Waals surface area contributed by atoms with Crippen LogP contribution in [-0.2, 0) is 0 Å². The van der Waals surface area contributed by atoms with Crippen molar-refractivity contribution in [3.63, 3.8) is 0 Å². The molecule has 0 heterocycles. The first-order valence-electron chi connectivity index (χ1n) is 4.57. The Balaban J connectivity index is 3.13. The van der Waals surface area contributed by atoms with Crippen LogP contribution in [0.3, 0.4) is 0 Å². The molecule has 0 fully saturated rings. The summed E-state index contributed by atoms with van der Waals surface area (Å²) in [6, 6.07) is 6.05. The van der Waals surface area contributed by atoms with Gasteiger partial charge in [0.1, 0.15) is 6.17 Å². The standard InChI is InChI=1S/C11H14FNO/c1-7(12)9-5-3-4-6-10(9)11(14)8(2)13/h3-8H,13H2,1-2H3. The quantitative estimate of drug-likeness (QED) is 0.752. The number of hydrogen-bond acceptors (Lipinski definition) is 2. The fourth-order valence-electron chi connectivity index (χ4n) is 1.31. The lowest BCUT2D eigenvalue weighted by Crippen LogP contribution is -2.27. The maximum atomic E-state index is 13.1. The van der Waals surface area contributed by atoms with Gasteiger partial charge in [0.15, 0.2) is 5.78 Å². The van der Waals surface area contributed by atoms with E-state index in [1.165, 1.54) is 6.92 Å². The minimum atomic E-state index is -1.14. The first-order chi connectivity index (χ1) is 6.54. The monoisotopic (exact) mass is 195 g/mol. The van der Waals surface area contributed by atoms with E-state index in [9.17, 15) is 9.18 Å². The number of carbonyl (C=O) groups excluding carboxylic acids is 1. The average molecular weight is 195 g/mol. The smallest absolute Gasteiger partial charge is 0.179 e. The van der Waals surface area contributed by atoms with Crippen LogP contribution in [0.15, 0.2) is 24.3 Å². The fourth-order valence-corrected chi connectivity index (χ4v) is 1.31. The normalized spacial score (nSPS) is 14.9. The van der Waals surface area contributed by atoms with Crippen LogP contribution in [-0.4, -0.2) is 11.8 Å². The Labute approximate surface area is 82.9 Å². The number of hydrogen-bond donors (Lipinski definition) is 1. The van der Waals surface area contributed by atoms with Crippen LogP contribution in [0.25, 0.3) is 0 Å². The van der Waals surface area contributed by atoms with Crippen molar-refractivity contribution in [2.24, 2.45) is 5.73 Å². The third kappa shape index (κ3) is 2.17. The molecule has 1 aromatic rings. The summed E-state index contributed by atoms with van der Waals surface area (Å²) in [6.07, 6.45) is -1.14. The zero-order valence-electron chi connectivity index (χ0n) is 8.33. The third-order valence-corrected chi connectivity index (χ3v) is 2.07. The zero-order valence-corrected chi connectivity index (χ0v) is 8.33. The lowest BCUT2D eigenvalue weighted by Gasteiger charge is -2.10. The molecule has 0 aliphatic heterocycles. The second-order valence-corrected chi connectivity index (χ2v) is 3.36. The molecule has 2 unspecified atom stereocenters. The molecule has 2 atom stereocenters. The van der Waals surface area contributed by atoms with Gasteiger partial charge in [-0.05, 0) is 19.4 Å². The van der Waals surface area contributed by atoms with Crippen molar-refractivity contribution in [3.8, 4) is 0 Å². The number of benzene rings is 1. The maximum absolute atomic E-state index is 13.1. The summed E-state index contributed by atoms with van der Waals surface area (Å²) < 4.78 is 13.1. The van der Waals surface area contributed by atoms with Gasteiger partial charge in [-0.1, -0.05) is 24.3 Å². The van der Waals surface area contributed by atoms with Crippen LogP contribution in [0, 0.1) is 0 Å². The minimum absolute atomic E-state index is 0.218. The van der Waals surface area contributed by atoms with E-state index in [0.29, 0.717) is 11.1 Å². The van der Waals surface area contributed by atoms with E-state index in [0.717, 1.165) is 0 Å². The molecule has 0 spiro atoms. The number of halogens is 1. The Hall–Kier alpha value is -1.22. The molecule has 14 heavy (non-hydrogen) atoms. The Morgan fingerprint density at radius 3 is 2.43 bits per heavy atom. The van der Waals surface area contributed by atoms with Gasteiger partial charge in [0.2, 0.25) is 0 Å². The molecule has 0 bridgehead atoms. The Morgan fingerprint density at radius 1 is 1.36 bits per heavy atom. The lowest BCUT2D eigenvalue weighted by molar-refractivity contribution is 0.0965. The topological polar surface area (TPSA) is 43.1 Å². The third-order valence-electron chi connectivity index (χ3n) is 2.07. The summed E-state index contributed by atoms with van der Waals surface area (Å²) in [5.74, 6) is -0.218. The van der Waals surface area contributed by atoms with Crippen LogP contribution >= 0.6 is 0 Å². The van der Waals surface area contributed by atoms with E-state index in [4.69, 9.17) is 5.73 Å². The van der Waals surface area contributed by atoms with E-state index in [1.54, 1.807) is 31.2 Å². The Bertz CT molecular complexity index is 334. The van der Waals surface area contributed by atoms with Gasteiger partial charge in [-0.25, -0.2) is 4.39 Å². The highest BCUT2D eigenvalue weighted by molar-refractivity contribution is 6.01. The number of carbonyl (C=O) groups is 1. The zero-order chi connectivity index (χ0) is 10.7. The molecule has 2 N–H and O–H groups in total. The van der Waals surface area contributed by atoms with Gasteiger partial charge < -0.3 is 5.73 Å². The van der Waals surface area contributed by atoms with Crippen molar-refractivity contribution in [2.75, 3.05) is 0 Å². The molecule has 0 aromatic heterocycles. The SMILES string of the molecule is CC(N)C(=O)c1ccccc1C(C)F. The van der Waals surface area contributed by atoms with E-state index in [2.05, 4.69) is 0 Å². The summed E-state index contributed by atoms with van der Waals surface area (Å²) in [5, 5.41) is 0. The van der Waals surface area contributed by atoms with Crippen LogP contribution in [0.2, 0.25) is 0 Å². The predicted molar refractivity (Wildman–Crippen MR) is 53.9 cm³/mol. The number of nitrogens with two attached hydrogens (primary N) is 1. The van der Waals surface area contributed by atoms with E-state index < -0.39 is 12.2 Å². The van der Waals surface area contributed by atoms with Crippen molar-refractivity contribution < 1.29 is 9.18 Å². The van der Waals surface area contributed by atoms with E-state index in [-0.39, 0.29) is 5.78 Å². The molecule has 0 saturated heterocycles. The van der Waals surface area contributed by atoms with Gasteiger partial charge in [-0.2, -0.15) is 0 Å².